The summed E-state index contributed by atoms with van der Waals surface area (Å²) in [5, 5.41) is 2.49. The van der Waals surface area contributed by atoms with Crippen LogP contribution in [0.4, 0.5) is 5.69 Å². The summed E-state index contributed by atoms with van der Waals surface area (Å²) >= 11 is 3.31. The molecule has 7 nitrogen and oxygen atoms in total. The number of anilines is 1. The standard InChI is InChI=1S/C19H21BrN2O5S/c1-4-27-19(24)13(3)21-18(23)14-6-5-7-15(11-14)28(25,26)22-17-10-12(2)8-9-16(17)20/h5-11,13,22H,4H2,1-3H3,(H,21,23). The van der Waals surface area contributed by atoms with E-state index in [1.54, 1.807) is 19.1 Å². The van der Waals surface area contributed by atoms with Crippen molar-refractivity contribution in [2.24, 2.45) is 0 Å². The molecule has 0 aliphatic carbocycles. The molecule has 28 heavy (non-hydrogen) atoms. The van der Waals surface area contributed by atoms with E-state index in [9.17, 15) is 18.0 Å². The average molecular weight is 469 g/mol. The van der Waals surface area contributed by atoms with E-state index in [0.29, 0.717) is 10.2 Å². The van der Waals surface area contributed by atoms with Crippen molar-refractivity contribution in [3.63, 3.8) is 0 Å². The van der Waals surface area contributed by atoms with Crippen molar-refractivity contribution in [2.45, 2.75) is 31.7 Å². The zero-order valence-corrected chi connectivity index (χ0v) is 18.1. The number of amides is 1. The number of rotatable bonds is 7. The summed E-state index contributed by atoms with van der Waals surface area (Å²) in [5.41, 5.74) is 1.40. The van der Waals surface area contributed by atoms with E-state index in [4.69, 9.17) is 4.74 Å². The van der Waals surface area contributed by atoms with Gasteiger partial charge in [-0.25, -0.2) is 13.2 Å². The van der Waals surface area contributed by atoms with Crippen LogP contribution in [0.15, 0.2) is 51.8 Å². The van der Waals surface area contributed by atoms with Crippen molar-refractivity contribution in [1.82, 2.24) is 5.32 Å². The van der Waals surface area contributed by atoms with E-state index in [-0.39, 0.29) is 17.1 Å². The van der Waals surface area contributed by atoms with Gasteiger partial charge in [0.15, 0.2) is 0 Å². The van der Waals surface area contributed by atoms with Crippen LogP contribution in [-0.4, -0.2) is 32.9 Å². The van der Waals surface area contributed by atoms with Gasteiger partial charge in [0.1, 0.15) is 6.04 Å². The Morgan fingerprint density at radius 1 is 1.18 bits per heavy atom. The first-order valence-corrected chi connectivity index (χ1v) is 10.8. The maximum Gasteiger partial charge on any atom is 0.328 e. The Kier molecular flexibility index (Phi) is 7.20. The number of sulfonamides is 1. The Morgan fingerprint density at radius 2 is 1.89 bits per heavy atom. The van der Waals surface area contributed by atoms with Crippen molar-refractivity contribution < 1.29 is 22.7 Å². The summed E-state index contributed by atoms with van der Waals surface area (Å²) in [5.74, 6) is -1.14. The van der Waals surface area contributed by atoms with Crippen LogP contribution in [0.5, 0.6) is 0 Å². The van der Waals surface area contributed by atoms with Crippen LogP contribution in [0.25, 0.3) is 0 Å². The van der Waals surface area contributed by atoms with Crippen LogP contribution in [-0.2, 0) is 19.6 Å². The summed E-state index contributed by atoms with van der Waals surface area (Å²) in [4.78, 5) is 23.9. The highest BCUT2D eigenvalue weighted by Crippen LogP contribution is 2.26. The molecule has 2 aromatic rings. The number of aryl methyl sites for hydroxylation is 1. The molecule has 0 bridgehead atoms. The van der Waals surface area contributed by atoms with Gasteiger partial charge in [-0.3, -0.25) is 9.52 Å². The SMILES string of the molecule is CCOC(=O)C(C)NC(=O)c1cccc(S(=O)(=O)Nc2cc(C)ccc2Br)c1. The molecule has 1 atom stereocenters. The monoisotopic (exact) mass is 468 g/mol. The van der Waals surface area contributed by atoms with Gasteiger partial charge in [0.05, 0.1) is 17.2 Å². The van der Waals surface area contributed by atoms with Gasteiger partial charge < -0.3 is 10.1 Å². The molecule has 0 spiro atoms. The first kappa shape index (κ1) is 21.9. The zero-order chi connectivity index (χ0) is 20.9. The Hall–Kier alpha value is -2.39. The number of carbonyl (C=O) groups is 2. The van der Waals surface area contributed by atoms with E-state index < -0.39 is 27.9 Å². The molecule has 0 aliphatic heterocycles. The predicted octanol–water partition coefficient (Wildman–Crippen LogP) is 3.24. The minimum atomic E-state index is -3.91. The van der Waals surface area contributed by atoms with Gasteiger partial charge in [0, 0.05) is 10.0 Å². The molecule has 0 heterocycles. The van der Waals surface area contributed by atoms with E-state index >= 15 is 0 Å². The minimum absolute atomic E-state index is 0.0719. The second-order valence-electron chi connectivity index (χ2n) is 6.06. The van der Waals surface area contributed by atoms with E-state index in [0.717, 1.165) is 5.56 Å². The highest BCUT2D eigenvalue weighted by molar-refractivity contribution is 9.10. The van der Waals surface area contributed by atoms with Gasteiger partial charge in [-0.15, -0.1) is 0 Å². The van der Waals surface area contributed by atoms with Crippen LogP contribution in [0.2, 0.25) is 0 Å². The summed E-state index contributed by atoms with van der Waals surface area (Å²) < 4.78 is 33.4. The summed E-state index contributed by atoms with van der Waals surface area (Å²) in [7, 11) is -3.91. The average Bonchev–Trinajstić information content (AvgIpc) is 2.64. The van der Waals surface area contributed by atoms with Crippen molar-refractivity contribution >= 4 is 43.5 Å². The number of esters is 1. The zero-order valence-electron chi connectivity index (χ0n) is 15.7. The largest absolute Gasteiger partial charge is 0.464 e. The molecule has 0 aromatic heterocycles. The van der Waals surface area contributed by atoms with E-state index in [2.05, 4.69) is 26.0 Å². The van der Waals surface area contributed by atoms with Gasteiger partial charge in [-0.1, -0.05) is 12.1 Å². The number of hydrogen-bond acceptors (Lipinski definition) is 5. The fourth-order valence-corrected chi connectivity index (χ4v) is 3.92. The van der Waals surface area contributed by atoms with Crippen molar-refractivity contribution in [1.29, 1.82) is 0 Å². The third kappa shape index (κ3) is 5.56. The van der Waals surface area contributed by atoms with Gasteiger partial charge in [0.25, 0.3) is 15.9 Å². The number of nitrogens with one attached hydrogen (secondary N) is 2. The van der Waals surface area contributed by atoms with Crippen LogP contribution in [0.3, 0.4) is 0 Å². The molecule has 2 N–H and O–H groups in total. The molecule has 150 valence electrons. The first-order valence-electron chi connectivity index (χ1n) is 8.50. The smallest absolute Gasteiger partial charge is 0.328 e. The van der Waals surface area contributed by atoms with Crippen LogP contribution >= 0.6 is 15.9 Å². The molecule has 2 rings (SSSR count). The third-order valence-electron chi connectivity index (χ3n) is 3.76. The molecule has 0 fully saturated rings. The van der Waals surface area contributed by atoms with E-state index in [1.165, 1.54) is 31.2 Å². The molecule has 9 heteroatoms. The first-order chi connectivity index (χ1) is 13.1. The Balaban J connectivity index is 2.22. The van der Waals surface area contributed by atoms with E-state index in [1.807, 2.05) is 13.0 Å². The van der Waals surface area contributed by atoms with Crippen molar-refractivity contribution in [3.05, 3.63) is 58.1 Å². The second-order valence-corrected chi connectivity index (χ2v) is 8.60. The van der Waals surface area contributed by atoms with Crippen LogP contribution < -0.4 is 10.0 Å². The molecular formula is C19H21BrN2O5S. The van der Waals surface area contributed by atoms with Gasteiger partial charge in [-0.05, 0) is 72.6 Å². The molecule has 1 amide bonds. The topological polar surface area (TPSA) is 102 Å². The molecular weight excluding hydrogens is 448 g/mol. The van der Waals surface area contributed by atoms with Crippen LogP contribution in [0.1, 0.15) is 29.8 Å². The molecule has 0 saturated heterocycles. The highest BCUT2D eigenvalue weighted by atomic mass is 79.9. The van der Waals surface area contributed by atoms with Gasteiger partial charge in [-0.2, -0.15) is 0 Å². The molecule has 1 unspecified atom stereocenters. The number of halogens is 1. The molecule has 2 aromatic carbocycles. The second kappa shape index (κ2) is 9.20. The fraction of sp³-hybridized carbons (Fsp3) is 0.263. The third-order valence-corrected chi connectivity index (χ3v) is 5.82. The lowest BCUT2D eigenvalue weighted by atomic mass is 10.2. The molecule has 0 radical (unpaired) electrons. The lowest BCUT2D eigenvalue weighted by molar-refractivity contribution is -0.144. The molecule has 0 saturated carbocycles. The lowest BCUT2D eigenvalue weighted by Gasteiger charge is -2.14. The maximum atomic E-state index is 12.7. The van der Waals surface area contributed by atoms with Crippen molar-refractivity contribution in [3.8, 4) is 0 Å². The minimum Gasteiger partial charge on any atom is -0.464 e. The Labute approximate surface area is 172 Å². The predicted molar refractivity (Wildman–Crippen MR) is 110 cm³/mol. The number of ether oxygens (including phenoxy) is 1. The van der Waals surface area contributed by atoms with Gasteiger partial charge >= 0.3 is 5.97 Å². The number of carbonyl (C=O) groups excluding carboxylic acids is 2. The lowest BCUT2D eigenvalue weighted by Crippen LogP contribution is -2.39. The molecule has 0 aliphatic rings. The normalized spacial score (nSPS) is 12.1. The quantitative estimate of drug-likeness (QED) is 0.607. The summed E-state index contributed by atoms with van der Waals surface area (Å²) in [6.07, 6.45) is 0. The van der Waals surface area contributed by atoms with Gasteiger partial charge in [0.2, 0.25) is 0 Å². The fourth-order valence-electron chi connectivity index (χ4n) is 2.33. The number of hydrogen-bond donors (Lipinski definition) is 2. The number of benzene rings is 2. The van der Waals surface area contributed by atoms with Crippen molar-refractivity contribution in [2.75, 3.05) is 11.3 Å². The Morgan fingerprint density at radius 3 is 2.57 bits per heavy atom. The van der Waals surface area contributed by atoms with Crippen LogP contribution in [0, 0.1) is 6.92 Å². The summed E-state index contributed by atoms with van der Waals surface area (Å²) in [6.45, 7) is 5.21. The Bertz CT molecular complexity index is 992. The maximum absolute atomic E-state index is 12.7. The summed E-state index contributed by atoms with van der Waals surface area (Å²) in [6, 6.07) is 9.99. The highest BCUT2D eigenvalue weighted by Gasteiger charge is 2.20.